The molecule has 1 atom stereocenters. The van der Waals surface area contributed by atoms with Crippen LogP contribution in [0.3, 0.4) is 0 Å². The average molecular weight is 315 g/mol. The van der Waals surface area contributed by atoms with Crippen molar-refractivity contribution in [1.82, 2.24) is 13.9 Å². The summed E-state index contributed by atoms with van der Waals surface area (Å²) in [6.45, 7) is 5.64. The molecule has 1 saturated heterocycles. The monoisotopic (exact) mass is 315 g/mol. The van der Waals surface area contributed by atoms with E-state index in [0.29, 0.717) is 12.2 Å². The van der Waals surface area contributed by atoms with Crippen molar-refractivity contribution >= 4 is 16.0 Å². The van der Waals surface area contributed by atoms with Crippen LogP contribution in [0.1, 0.15) is 38.9 Å². The topological polar surface area (TPSA) is 92.5 Å². The van der Waals surface area contributed by atoms with Crippen LogP contribution in [0.5, 0.6) is 0 Å². The van der Waals surface area contributed by atoms with Gasteiger partial charge in [0.1, 0.15) is 5.82 Å². The number of hydrogen-bond acceptors (Lipinski definition) is 4. The second kappa shape index (κ2) is 5.10. The van der Waals surface area contributed by atoms with Crippen molar-refractivity contribution in [2.75, 3.05) is 13.1 Å². The van der Waals surface area contributed by atoms with Crippen molar-refractivity contribution in [3.63, 3.8) is 0 Å². The molecule has 2 rings (SSSR count). The maximum Gasteiger partial charge on any atom is 0.310 e. The molecule has 1 aromatic rings. The largest absolute Gasteiger partial charge is 0.481 e. The van der Waals surface area contributed by atoms with Gasteiger partial charge in [0.15, 0.2) is 5.03 Å². The molecule has 8 heteroatoms. The molecule has 0 spiro atoms. The number of carboxylic acids is 1. The SMILES string of the molecule is CC(C)c1nc(S(=O)(=O)N2CCC(C)(C(=O)O)C2)cn1C. The number of hydrogen-bond donors (Lipinski definition) is 1. The number of carbonyl (C=O) groups is 1. The number of imidazole rings is 1. The van der Waals surface area contributed by atoms with E-state index in [1.807, 2.05) is 13.8 Å². The molecule has 1 aromatic heterocycles. The Morgan fingerprint density at radius 1 is 1.48 bits per heavy atom. The molecule has 0 aromatic carbocycles. The molecule has 118 valence electrons. The van der Waals surface area contributed by atoms with E-state index >= 15 is 0 Å². The lowest BCUT2D eigenvalue weighted by atomic mass is 9.90. The number of carboxylic acid groups (broad SMARTS) is 1. The summed E-state index contributed by atoms with van der Waals surface area (Å²) in [4.78, 5) is 15.4. The number of sulfonamides is 1. The van der Waals surface area contributed by atoms with E-state index in [9.17, 15) is 18.3 Å². The normalized spacial score (nSPS) is 23.9. The highest BCUT2D eigenvalue weighted by atomic mass is 32.2. The summed E-state index contributed by atoms with van der Waals surface area (Å²) in [7, 11) is -1.98. The van der Waals surface area contributed by atoms with E-state index in [0.717, 1.165) is 0 Å². The van der Waals surface area contributed by atoms with Crippen molar-refractivity contribution in [3.05, 3.63) is 12.0 Å². The molecule has 0 bridgehead atoms. The highest BCUT2D eigenvalue weighted by Gasteiger charge is 2.45. The van der Waals surface area contributed by atoms with Gasteiger partial charge in [0, 0.05) is 32.3 Å². The van der Waals surface area contributed by atoms with E-state index in [-0.39, 0.29) is 24.0 Å². The molecule has 1 unspecified atom stereocenters. The Labute approximate surface area is 124 Å². The van der Waals surface area contributed by atoms with Crippen LogP contribution in [-0.4, -0.2) is 46.4 Å². The van der Waals surface area contributed by atoms with Crippen molar-refractivity contribution in [1.29, 1.82) is 0 Å². The summed E-state index contributed by atoms with van der Waals surface area (Å²) in [5.41, 5.74) is -1.03. The summed E-state index contributed by atoms with van der Waals surface area (Å²) >= 11 is 0. The fraction of sp³-hybridized carbons (Fsp3) is 0.692. The zero-order valence-corrected chi connectivity index (χ0v) is 13.5. The number of aliphatic carboxylic acids is 1. The van der Waals surface area contributed by atoms with Gasteiger partial charge in [-0.15, -0.1) is 0 Å². The maximum absolute atomic E-state index is 12.6. The lowest BCUT2D eigenvalue weighted by Gasteiger charge is -2.19. The van der Waals surface area contributed by atoms with Gasteiger partial charge in [-0.05, 0) is 13.3 Å². The van der Waals surface area contributed by atoms with Crippen LogP contribution < -0.4 is 0 Å². The molecule has 21 heavy (non-hydrogen) atoms. The zero-order valence-electron chi connectivity index (χ0n) is 12.7. The second-order valence-corrected chi connectivity index (χ2v) is 8.04. The molecule has 1 N–H and O–H groups in total. The summed E-state index contributed by atoms with van der Waals surface area (Å²) in [6, 6.07) is 0. The molecule has 7 nitrogen and oxygen atoms in total. The minimum atomic E-state index is -3.74. The predicted octanol–water partition coefficient (Wildman–Crippen LogP) is 1.03. The van der Waals surface area contributed by atoms with Gasteiger partial charge in [-0.25, -0.2) is 13.4 Å². The molecule has 0 saturated carbocycles. The van der Waals surface area contributed by atoms with Gasteiger partial charge in [0.05, 0.1) is 5.41 Å². The summed E-state index contributed by atoms with van der Waals surface area (Å²) in [5, 5.41) is 9.20. The van der Waals surface area contributed by atoms with Gasteiger partial charge in [-0.3, -0.25) is 4.79 Å². The van der Waals surface area contributed by atoms with Crippen molar-refractivity contribution in [3.8, 4) is 0 Å². The van der Waals surface area contributed by atoms with E-state index in [4.69, 9.17) is 0 Å². The lowest BCUT2D eigenvalue weighted by Crippen LogP contribution is -2.35. The van der Waals surface area contributed by atoms with E-state index < -0.39 is 21.4 Å². The molecule has 1 aliphatic rings. The first-order valence-corrected chi connectivity index (χ1v) is 8.29. The Bertz CT molecular complexity index is 665. The third-order valence-corrected chi connectivity index (χ3v) is 5.68. The van der Waals surface area contributed by atoms with Crippen molar-refractivity contribution in [2.24, 2.45) is 12.5 Å². The number of aryl methyl sites for hydroxylation is 1. The molecule has 0 radical (unpaired) electrons. The number of nitrogens with zero attached hydrogens (tertiary/aromatic N) is 3. The minimum Gasteiger partial charge on any atom is -0.481 e. The smallest absolute Gasteiger partial charge is 0.310 e. The van der Waals surface area contributed by atoms with Gasteiger partial charge >= 0.3 is 5.97 Å². The number of aromatic nitrogens is 2. The van der Waals surface area contributed by atoms with Crippen LogP contribution in [-0.2, 0) is 21.9 Å². The van der Waals surface area contributed by atoms with Crippen LogP contribution in [0.25, 0.3) is 0 Å². The van der Waals surface area contributed by atoms with Gasteiger partial charge < -0.3 is 9.67 Å². The van der Waals surface area contributed by atoms with Crippen LogP contribution >= 0.6 is 0 Å². The van der Waals surface area contributed by atoms with Crippen LogP contribution in [0, 0.1) is 5.41 Å². The maximum atomic E-state index is 12.6. The van der Waals surface area contributed by atoms with E-state index in [1.54, 1.807) is 18.5 Å². The number of rotatable bonds is 4. The standard InChI is InChI=1S/C13H21N3O4S/c1-9(2)11-14-10(7-15(11)4)21(19,20)16-6-5-13(3,8-16)12(17)18/h7,9H,5-6,8H2,1-4H3,(H,17,18). The first-order valence-electron chi connectivity index (χ1n) is 6.85. The molecule has 0 aliphatic carbocycles. The summed E-state index contributed by atoms with van der Waals surface area (Å²) < 4.78 is 28.1. The average Bonchev–Trinajstić information content (AvgIpc) is 2.94. The van der Waals surface area contributed by atoms with Gasteiger partial charge in [-0.2, -0.15) is 4.31 Å². The van der Waals surface area contributed by atoms with E-state index in [2.05, 4.69) is 4.98 Å². The van der Waals surface area contributed by atoms with Crippen molar-refractivity contribution in [2.45, 2.75) is 38.1 Å². The Morgan fingerprint density at radius 3 is 2.52 bits per heavy atom. The molecular weight excluding hydrogens is 294 g/mol. The summed E-state index contributed by atoms with van der Waals surface area (Å²) in [6.07, 6.45) is 1.80. The highest BCUT2D eigenvalue weighted by molar-refractivity contribution is 7.89. The Balaban J connectivity index is 2.32. The van der Waals surface area contributed by atoms with Crippen LogP contribution in [0.15, 0.2) is 11.2 Å². The van der Waals surface area contributed by atoms with Crippen LogP contribution in [0.4, 0.5) is 0 Å². The lowest BCUT2D eigenvalue weighted by molar-refractivity contribution is -0.146. The molecule has 0 amide bonds. The third-order valence-electron chi connectivity index (χ3n) is 3.97. The first kappa shape index (κ1) is 16.0. The zero-order chi connectivity index (χ0) is 16.0. The second-order valence-electron chi connectivity index (χ2n) is 6.16. The first-order chi connectivity index (χ1) is 9.58. The predicted molar refractivity (Wildman–Crippen MR) is 76.4 cm³/mol. The fourth-order valence-corrected chi connectivity index (χ4v) is 4.10. The van der Waals surface area contributed by atoms with E-state index in [1.165, 1.54) is 10.5 Å². The highest BCUT2D eigenvalue weighted by Crippen LogP contribution is 2.33. The van der Waals surface area contributed by atoms with Gasteiger partial charge in [0.2, 0.25) is 0 Å². The van der Waals surface area contributed by atoms with Gasteiger partial charge in [-0.1, -0.05) is 13.8 Å². The molecule has 1 fully saturated rings. The van der Waals surface area contributed by atoms with Gasteiger partial charge in [0.25, 0.3) is 10.0 Å². The fourth-order valence-electron chi connectivity index (χ4n) is 2.54. The third kappa shape index (κ3) is 2.69. The molecule has 1 aliphatic heterocycles. The quantitative estimate of drug-likeness (QED) is 0.896. The van der Waals surface area contributed by atoms with Crippen LogP contribution in [0.2, 0.25) is 0 Å². The Hall–Kier alpha value is -1.41. The molecule has 2 heterocycles. The van der Waals surface area contributed by atoms with Crippen molar-refractivity contribution < 1.29 is 18.3 Å². The minimum absolute atomic E-state index is 0.0108. The molecular formula is C13H21N3O4S. The Kier molecular flexibility index (Phi) is 3.88. The Morgan fingerprint density at radius 2 is 2.10 bits per heavy atom. The summed E-state index contributed by atoms with van der Waals surface area (Å²) in [5.74, 6) is -0.167.